The molecule has 2 aliphatic rings. The van der Waals surface area contributed by atoms with Gasteiger partial charge >= 0.3 is 0 Å². The van der Waals surface area contributed by atoms with Gasteiger partial charge in [0.2, 0.25) is 0 Å². The van der Waals surface area contributed by atoms with E-state index in [9.17, 15) is 0 Å². The maximum absolute atomic E-state index is 2.49. The van der Waals surface area contributed by atoms with Crippen LogP contribution in [0.15, 0.2) is 273 Å². The maximum atomic E-state index is 2.49. The van der Waals surface area contributed by atoms with E-state index in [1.807, 2.05) is 0 Å². The van der Waals surface area contributed by atoms with Crippen molar-refractivity contribution in [3.8, 4) is 39.1 Å². The van der Waals surface area contributed by atoms with E-state index in [2.05, 4.69) is 287 Å². The van der Waals surface area contributed by atoms with Gasteiger partial charge < -0.3 is 14.4 Å². The minimum atomic E-state index is -0.476. The van der Waals surface area contributed by atoms with E-state index in [1.165, 1.54) is 66.3 Å². The molecule has 0 atom stereocenters. The van der Waals surface area contributed by atoms with Crippen LogP contribution in [0.3, 0.4) is 0 Å². The molecule has 0 aliphatic heterocycles. The first-order valence-corrected chi connectivity index (χ1v) is 24.2. The normalized spacial score (nSPS) is 12.7. The fourth-order valence-electron chi connectivity index (χ4n) is 11.9. The average Bonchev–Trinajstić information content (AvgIpc) is 4.04. The van der Waals surface area contributed by atoms with Crippen LogP contribution in [0.1, 0.15) is 22.3 Å². The summed E-state index contributed by atoms with van der Waals surface area (Å²) in [6.07, 6.45) is 0. The highest BCUT2D eigenvalue weighted by atomic mass is 15.2. The van der Waals surface area contributed by atoms with Crippen LogP contribution < -0.4 is 9.80 Å². The lowest BCUT2D eigenvalue weighted by atomic mass is 9.70. The van der Waals surface area contributed by atoms with Crippen molar-refractivity contribution in [3.05, 3.63) is 295 Å². The number of rotatable bonds is 8. The lowest BCUT2D eigenvalue weighted by molar-refractivity contribution is 0.793. The van der Waals surface area contributed by atoms with Gasteiger partial charge in [0.1, 0.15) is 0 Å². The van der Waals surface area contributed by atoms with Crippen molar-refractivity contribution in [1.29, 1.82) is 0 Å². The molecule has 0 radical (unpaired) electrons. The van der Waals surface area contributed by atoms with Crippen LogP contribution in [0.4, 0.5) is 34.1 Å². The van der Waals surface area contributed by atoms with Crippen LogP contribution in [-0.4, -0.2) is 4.57 Å². The number of aromatic nitrogens is 1. The summed E-state index contributed by atoms with van der Waals surface area (Å²) >= 11 is 0. The van der Waals surface area contributed by atoms with Crippen LogP contribution in [0.25, 0.3) is 60.9 Å². The summed E-state index contributed by atoms with van der Waals surface area (Å²) in [5.74, 6) is 0. The molecule has 0 saturated carbocycles. The molecule has 3 nitrogen and oxygen atoms in total. The van der Waals surface area contributed by atoms with Crippen molar-refractivity contribution in [2.75, 3.05) is 9.80 Å². The second-order valence-electron chi connectivity index (χ2n) is 18.5. The molecule has 1 heterocycles. The molecule has 0 saturated heterocycles. The van der Waals surface area contributed by atoms with Gasteiger partial charge in [-0.25, -0.2) is 0 Å². The number of anilines is 6. The third kappa shape index (κ3) is 6.01. The predicted octanol–water partition coefficient (Wildman–Crippen LogP) is 17.7. The summed E-state index contributed by atoms with van der Waals surface area (Å²) in [4.78, 5) is 4.85. The van der Waals surface area contributed by atoms with Crippen LogP contribution in [0, 0.1) is 0 Å². The first-order chi connectivity index (χ1) is 34.7. The average molecular weight is 892 g/mol. The zero-order chi connectivity index (χ0) is 46.2. The van der Waals surface area contributed by atoms with Crippen LogP contribution >= 0.6 is 0 Å². The number of hydrogen-bond donors (Lipinski definition) is 0. The summed E-state index contributed by atoms with van der Waals surface area (Å²) < 4.78 is 2.39. The highest BCUT2D eigenvalue weighted by Crippen LogP contribution is 2.63. The molecule has 12 aromatic rings. The molecule has 1 aromatic heterocycles. The Morgan fingerprint density at radius 3 is 1.26 bits per heavy atom. The highest BCUT2D eigenvalue weighted by molar-refractivity contribution is 6.10. The van der Waals surface area contributed by atoms with Crippen LogP contribution in [0.5, 0.6) is 0 Å². The fourth-order valence-corrected chi connectivity index (χ4v) is 11.9. The zero-order valence-electron chi connectivity index (χ0n) is 38.3. The number of nitrogens with zero attached hydrogens (tertiary/aromatic N) is 3. The Bertz CT molecular complexity index is 3850. The zero-order valence-corrected chi connectivity index (χ0v) is 38.3. The number of fused-ring (bicyclic) bond motifs is 13. The lowest BCUT2D eigenvalue weighted by Crippen LogP contribution is -2.26. The van der Waals surface area contributed by atoms with Gasteiger partial charge in [-0.1, -0.05) is 176 Å². The van der Waals surface area contributed by atoms with Gasteiger partial charge in [-0.05, 0) is 153 Å². The number of hydrogen-bond acceptors (Lipinski definition) is 2. The Labute approximate surface area is 408 Å². The SMILES string of the molecule is c1ccc(N(c2ccccc2)c2cc(-c3ccc4c(c3)c3ccccc3n4-c3ccccc3)cc(N(c3ccccc3)c3ccc4c(c3)C3(c5ccccc5-c5ccccc53)c3ccccc3-4)c2)cc1. The Kier molecular flexibility index (Phi) is 9.11. The largest absolute Gasteiger partial charge is 0.310 e. The highest BCUT2D eigenvalue weighted by Gasteiger charge is 2.51. The minimum absolute atomic E-state index is 0.476. The summed E-state index contributed by atoms with van der Waals surface area (Å²) in [7, 11) is 0. The molecule has 0 bridgehead atoms. The van der Waals surface area contributed by atoms with E-state index in [4.69, 9.17) is 0 Å². The minimum Gasteiger partial charge on any atom is -0.310 e. The van der Waals surface area contributed by atoms with Crippen LogP contribution in [-0.2, 0) is 5.41 Å². The Hall–Kier alpha value is -9.18. The molecule has 0 amide bonds. The summed E-state index contributed by atoms with van der Waals surface area (Å²) in [5, 5.41) is 2.44. The third-order valence-electron chi connectivity index (χ3n) is 14.7. The van der Waals surface area contributed by atoms with E-state index in [-0.39, 0.29) is 0 Å². The van der Waals surface area contributed by atoms with Crippen molar-refractivity contribution < 1.29 is 0 Å². The smallest absolute Gasteiger partial charge is 0.0726 e. The number of benzene rings is 11. The molecule has 3 heteroatoms. The standard InChI is InChI=1S/C67H45N3/c1-5-21-48(22-6-1)68(49-23-7-2-8-24-49)53-41-47(46-37-40-66-60(43-46)59-32-16-20-36-65(59)70(66)51-27-11-4-12-28-51)42-54(44-53)69(50-25-9-3-10-26-50)52-38-39-58-57-31-15-19-35-63(57)67(64(58)45-52)61-33-17-13-29-55(61)56-30-14-18-34-62(56)67/h1-45H. The van der Waals surface area contributed by atoms with Crippen molar-refractivity contribution in [3.63, 3.8) is 0 Å². The van der Waals surface area contributed by atoms with Gasteiger partial charge in [0.25, 0.3) is 0 Å². The van der Waals surface area contributed by atoms with Gasteiger partial charge in [-0.3, -0.25) is 0 Å². The predicted molar refractivity (Wildman–Crippen MR) is 292 cm³/mol. The van der Waals surface area contributed by atoms with E-state index in [0.717, 1.165) is 50.9 Å². The Balaban J connectivity index is 1.03. The molecule has 14 rings (SSSR count). The Morgan fingerprint density at radius 2 is 0.700 bits per heavy atom. The Morgan fingerprint density at radius 1 is 0.257 bits per heavy atom. The second kappa shape index (κ2) is 16.0. The molecule has 0 fully saturated rings. The van der Waals surface area contributed by atoms with Gasteiger partial charge in [-0.2, -0.15) is 0 Å². The fraction of sp³-hybridized carbons (Fsp3) is 0.0149. The van der Waals surface area contributed by atoms with E-state index in [0.29, 0.717) is 0 Å². The van der Waals surface area contributed by atoms with Crippen molar-refractivity contribution in [1.82, 2.24) is 4.57 Å². The topological polar surface area (TPSA) is 11.4 Å². The summed E-state index contributed by atoms with van der Waals surface area (Å²) in [6, 6.07) is 100. The van der Waals surface area contributed by atoms with E-state index < -0.39 is 5.41 Å². The third-order valence-corrected chi connectivity index (χ3v) is 14.7. The van der Waals surface area contributed by atoms with Crippen molar-refractivity contribution >= 4 is 55.9 Å². The van der Waals surface area contributed by atoms with E-state index in [1.54, 1.807) is 0 Å². The molecule has 2 aliphatic carbocycles. The summed E-state index contributed by atoms with van der Waals surface area (Å²) in [6.45, 7) is 0. The maximum Gasteiger partial charge on any atom is 0.0726 e. The van der Waals surface area contributed by atoms with Crippen molar-refractivity contribution in [2.45, 2.75) is 5.41 Å². The molecular weight excluding hydrogens is 847 g/mol. The lowest BCUT2D eigenvalue weighted by Gasteiger charge is -2.33. The molecular formula is C67H45N3. The van der Waals surface area contributed by atoms with E-state index >= 15 is 0 Å². The van der Waals surface area contributed by atoms with Gasteiger partial charge in [-0.15, -0.1) is 0 Å². The molecule has 11 aromatic carbocycles. The molecule has 0 unspecified atom stereocenters. The van der Waals surface area contributed by atoms with Gasteiger partial charge in [0.15, 0.2) is 0 Å². The summed E-state index contributed by atoms with van der Waals surface area (Å²) in [5.41, 5.74) is 22.2. The van der Waals surface area contributed by atoms with Crippen LogP contribution in [0.2, 0.25) is 0 Å². The quantitative estimate of drug-likeness (QED) is 0.151. The number of para-hydroxylation sites is 5. The first-order valence-electron chi connectivity index (χ1n) is 24.2. The van der Waals surface area contributed by atoms with Crippen molar-refractivity contribution in [2.24, 2.45) is 0 Å². The monoisotopic (exact) mass is 891 g/mol. The molecule has 328 valence electrons. The molecule has 0 N–H and O–H groups in total. The first kappa shape index (κ1) is 39.9. The van der Waals surface area contributed by atoms with Gasteiger partial charge in [0.05, 0.1) is 16.4 Å². The van der Waals surface area contributed by atoms with Gasteiger partial charge in [0, 0.05) is 50.6 Å². The molecule has 1 spiro atoms. The molecule has 70 heavy (non-hydrogen) atoms. The second-order valence-corrected chi connectivity index (χ2v) is 18.5.